The maximum atomic E-state index is 13.5. The molecule has 222 valence electrons. The Kier molecular flexibility index (Phi) is 9.78. The van der Waals surface area contributed by atoms with Crippen LogP contribution in [0.25, 0.3) is 0 Å². The third-order valence-electron chi connectivity index (χ3n) is 7.68. The predicted molar refractivity (Wildman–Crippen MR) is 164 cm³/mol. The van der Waals surface area contributed by atoms with E-state index in [9.17, 15) is 14.4 Å². The number of rotatable bonds is 11. The van der Waals surface area contributed by atoms with Crippen molar-refractivity contribution in [2.24, 2.45) is 9.98 Å². The molecule has 0 bridgehead atoms. The number of nitrogens with zero attached hydrogens (tertiary/aromatic N) is 3. The first kappa shape index (κ1) is 29.6. The number of fused-ring (bicyclic) bond motifs is 3. The minimum Gasteiger partial charge on any atom is -0.493 e. The topological polar surface area (TPSA) is 122 Å². The molecule has 5 rings (SSSR count). The molecule has 1 fully saturated rings. The SMILES string of the molecule is COc1ccc(CCNC(=O)CSC2=Nc3ccccc3C3=NC(CCC(=O)NC4CCCCC4)C(=O)N23)cc1OC. The van der Waals surface area contributed by atoms with Crippen LogP contribution < -0.4 is 20.1 Å². The van der Waals surface area contributed by atoms with Gasteiger partial charge in [-0.1, -0.05) is 49.2 Å². The average molecular weight is 592 g/mol. The van der Waals surface area contributed by atoms with Crippen molar-refractivity contribution in [3.63, 3.8) is 0 Å². The van der Waals surface area contributed by atoms with Crippen LogP contribution in [0.4, 0.5) is 5.69 Å². The van der Waals surface area contributed by atoms with Crippen LogP contribution in [0.1, 0.15) is 56.1 Å². The second-order valence-electron chi connectivity index (χ2n) is 10.6. The Morgan fingerprint density at radius 2 is 1.81 bits per heavy atom. The van der Waals surface area contributed by atoms with E-state index in [0.717, 1.165) is 36.8 Å². The standard InChI is InChI=1S/C31H37N5O5S/c1-40-25-14-12-20(18-26(25)41-2)16-17-32-28(38)19-42-31-35-23-11-7-6-10-22(23)29-34-24(30(39)36(29)31)13-15-27(37)33-21-8-4-3-5-9-21/h6-7,10-12,14,18,21,24H,3-5,8-9,13,15-17,19H2,1-2H3,(H,32,38)(H,33,37). The first-order valence-corrected chi connectivity index (χ1v) is 15.4. The number of ether oxygens (including phenoxy) is 2. The number of carbonyl (C=O) groups is 3. The summed E-state index contributed by atoms with van der Waals surface area (Å²) in [5, 5.41) is 6.47. The highest BCUT2D eigenvalue weighted by atomic mass is 32.2. The van der Waals surface area contributed by atoms with Gasteiger partial charge in [0.1, 0.15) is 11.9 Å². The minimum absolute atomic E-state index is 0.0341. The predicted octanol–water partition coefficient (Wildman–Crippen LogP) is 3.98. The molecule has 3 aliphatic rings. The van der Waals surface area contributed by atoms with Crippen molar-refractivity contribution in [3.05, 3.63) is 53.6 Å². The molecule has 2 aromatic carbocycles. The van der Waals surface area contributed by atoms with Crippen LogP contribution in [0.15, 0.2) is 52.4 Å². The Hall–Kier alpha value is -3.86. The van der Waals surface area contributed by atoms with Crippen molar-refractivity contribution in [3.8, 4) is 11.5 Å². The number of thioether (sulfide) groups is 1. The molecule has 2 aliphatic heterocycles. The third-order valence-corrected chi connectivity index (χ3v) is 8.62. The fourth-order valence-electron chi connectivity index (χ4n) is 5.47. The maximum absolute atomic E-state index is 13.5. The largest absolute Gasteiger partial charge is 0.493 e. The molecule has 1 saturated carbocycles. The zero-order valence-electron chi connectivity index (χ0n) is 24.1. The van der Waals surface area contributed by atoms with Gasteiger partial charge < -0.3 is 20.1 Å². The molecule has 0 saturated heterocycles. The van der Waals surface area contributed by atoms with Gasteiger partial charge in [-0.05, 0) is 55.5 Å². The highest BCUT2D eigenvalue weighted by Gasteiger charge is 2.41. The number of nitrogens with one attached hydrogen (secondary N) is 2. The number of methoxy groups -OCH3 is 2. The van der Waals surface area contributed by atoms with E-state index in [1.807, 2.05) is 42.5 Å². The number of carbonyl (C=O) groups excluding carboxylic acids is 3. The van der Waals surface area contributed by atoms with Gasteiger partial charge in [-0.25, -0.2) is 9.89 Å². The van der Waals surface area contributed by atoms with Gasteiger partial charge in [-0.15, -0.1) is 0 Å². The number of benzene rings is 2. The second-order valence-corrected chi connectivity index (χ2v) is 11.5. The molecule has 0 spiro atoms. The summed E-state index contributed by atoms with van der Waals surface area (Å²) in [5.74, 6) is 1.50. The van der Waals surface area contributed by atoms with E-state index in [4.69, 9.17) is 19.5 Å². The van der Waals surface area contributed by atoms with Crippen LogP contribution in [-0.4, -0.2) is 72.2 Å². The molecular weight excluding hydrogens is 554 g/mol. The quantitative estimate of drug-likeness (QED) is 0.408. The zero-order valence-corrected chi connectivity index (χ0v) is 24.9. The number of hydrogen-bond donors (Lipinski definition) is 2. The van der Waals surface area contributed by atoms with Crippen LogP contribution in [0.5, 0.6) is 11.5 Å². The molecule has 1 aliphatic carbocycles. The Balaban J connectivity index is 1.17. The van der Waals surface area contributed by atoms with Gasteiger partial charge in [0.2, 0.25) is 11.8 Å². The lowest BCUT2D eigenvalue weighted by molar-refractivity contribution is -0.125. The molecule has 11 heteroatoms. The summed E-state index contributed by atoms with van der Waals surface area (Å²) in [5.41, 5.74) is 2.48. The number of amides is 3. The van der Waals surface area contributed by atoms with Gasteiger partial charge in [0, 0.05) is 24.6 Å². The molecule has 0 radical (unpaired) electrons. The molecule has 2 N–H and O–H groups in total. The summed E-state index contributed by atoms with van der Waals surface area (Å²) < 4.78 is 10.6. The monoisotopic (exact) mass is 591 g/mol. The lowest BCUT2D eigenvalue weighted by Crippen LogP contribution is -2.42. The van der Waals surface area contributed by atoms with E-state index in [2.05, 4.69) is 10.6 Å². The smallest absolute Gasteiger partial charge is 0.259 e. The van der Waals surface area contributed by atoms with Crippen LogP contribution in [0.3, 0.4) is 0 Å². The van der Waals surface area contributed by atoms with Crippen molar-refractivity contribution in [1.29, 1.82) is 0 Å². The molecule has 1 atom stereocenters. The molecule has 10 nitrogen and oxygen atoms in total. The third kappa shape index (κ3) is 6.95. The van der Waals surface area contributed by atoms with Crippen LogP contribution in [0, 0.1) is 0 Å². The highest BCUT2D eigenvalue weighted by molar-refractivity contribution is 8.14. The van der Waals surface area contributed by atoms with Gasteiger partial charge in [0.25, 0.3) is 5.91 Å². The van der Waals surface area contributed by atoms with Gasteiger partial charge in [0.15, 0.2) is 16.7 Å². The Labute approximate surface area is 250 Å². The van der Waals surface area contributed by atoms with E-state index >= 15 is 0 Å². The summed E-state index contributed by atoms with van der Waals surface area (Å²) in [4.78, 5) is 49.8. The van der Waals surface area contributed by atoms with E-state index in [1.54, 1.807) is 14.2 Å². The average Bonchev–Trinajstić information content (AvgIpc) is 3.35. The van der Waals surface area contributed by atoms with Gasteiger partial charge in [-0.3, -0.25) is 19.4 Å². The number of amidine groups is 2. The van der Waals surface area contributed by atoms with Gasteiger partial charge in [0.05, 0.1) is 25.7 Å². The van der Waals surface area contributed by atoms with E-state index in [-0.39, 0.29) is 35.9 Å². The van der Waals surface area contributed by atoms with Crippen LogP contribution >= 0.6 is 11.8 Å². The molecule has 2 heterocycles. The summed E-state index contributed by atoms with van der Waals surface area (Å²) in [6.07, 6.45) is 6.73. The lowest BCUT2D eigenvalue weighted by atomic mass is 9.95. The van der Waals surface area contributed by atoms with Crippen LogP contribution in [-0.2, 0) is 20.8 Å². The maximum Gasteiger partial charge on any atom is 0.259 e. The van der Waals surface area contributed by atoms with Gasteiger partial charge in [-0.2, -0.15) is 0 Å². The highest BCUT2D eigenvalue weighted by Crippen LogP contribution is 2.34. The summed E-state index contributed by atoms with van der Waals surface area (Å²) in [7, 11) is 3.18. The van der Waals surface area contributed by atoms with E-state index in [1.165, 1.54) is 23.1 Å². The molecule has 0 aromatic heterocycles. The second kappa shape index (κ2) is 13.9. The minimum atomic E-state index is -0.663. The summed E-state index contributed by atoms with van der Waals surface area (Å²) >= 11 is 1.20. The first-order chi connectivity index (χ1) is 20.5. The first-order valence-electron chi connectivity index (χ1n) is 14.5. The molecule has 42 heavy (non-hydrogen) atoms. The van der Waals surface area contributed by atoms with Crippen molar-refractivity contribution in [2.45, 2.75) is 63.5 Å². The fraction of sp³-hybridized carbons (Fsp3) is 0.452. The zero-order chi connectivity index (χ0) is 29.5. The molecule has 2 aromatic rings. The molecule has 3 amide bonds. The summed E-state index contributed by atoms with van der Waals surface area (Å²) in [6, 6.07) is 12.8. The normalized spacial score (nSPS) is 18.0. The summed E-state index contributed by atoms with van der Waals surface area (Å²) in [6.45, 7) is 0.449. The van der Waals surface area contributed by atoms with Gasteiger partial charge >= 0.3 is 0 Å². The molecule has 1 unspecified atom stereocenters. The lowest BCUT2D eigenvalue weighted by Gasteiger charge is -2.25. The van der Waals surface area contributed by atoms with E-state index < -0.39 is 6.04 Å². The number of hydrogen-bond acceptors (Lipinski definition) is 8. The Bertz CT molecular complexity index is 1390. The Morgan fingerprint density at radius 1 is 1.02 bits per heavy atom. The van der Waals surface area contributed by atoms with E-state index in [0.29, 0.717) is 47.6 Å². The van der Waals surface area contributed by atoms with Crippen LogP contribution in [0.2, 0.25) is 0 Å². The van der Waals surface area contributed by atoms with Crippen molar-refractivity contribution >= 4 is 46.2 Å². The molecular formula is C31H37N5O5S. The fourth-order valence-corrected chi connectivity index (χ4v) is 6.30. The van der Waals surface area contributed by atoms with Crippen molar-refractivity contribution in [2.75, 3.05) is 26.5 Å². The Morgan fingerprint density at radius 3 is 2.60 bits per heavy atom. The number of aliphatic imine (C=N–C) groups is 2. The number of para-hydroxylation sites is 1. The van der Waals surface area contributed by atoms with Crippen molar-refractivity contribution in [1.82, 2.24) is 15.5 Å². The van der Waals surface area contributed by atoms with Crippen molar-refractivity contribution < 1.29 is 23.9 Å².